The maximum atomic E-state index is 12.1. The van der Waals surface area contributed by atoms with Crippen molar-refractivity contribution in [2.24, 2.45) is 0 Å². The lowest BCUT2D eigenvalue weighted by atomic mass is 10.1. The van der Waals surface area contributed by atoms with Crippen LogP contribution in [0.5, 0.6) is 5.75 Å². The molecule has 1 amide bonds. The SMILES string of the molecule is COc1ccc(C(=O)NCCCC(=O)C(O)C(F)(F)F)cc1. The number of ether oxygens (including phenoxy) is 1. The fraction of sp³-hybridized carbons (Fsp3) is 0.429. The Bertz CT molecular complexity index is 514. The predicted molar refractivity (Wildman–Crippen MR) is 71.6 cm³/mol. The molecule has 5 nitrogen and oxygen atoms in total. The van der Waals surface area contributed by atoms with E-state index in [-0.39, 0.29) is 13.0 Å². The maximum Gasteiger partial charge on any atom is 0.421 e. The van der Waals surface area contributed by atoms with Crippen molar-refractivity contribution in [3.8, 4) is 5.75 Å². The molecule has 1 aromatic carbocycles. The van der Waals surface area contributed by atoms with Crippen LogP contribution in [0.1, 0.15) is 23.2 Å². The summed E-state index contributed by atoms with van der Waals surface area (Å²) in [6.07, 6.45) is -8.38. The van der Waals surface area contributed by atoms with Gasteiger partial charge >= 0.3 is 6.18 Å². The molecule has 0 saturated carbocycles. The van der Waals surface area contributed by atoms with Crippen LogP contribution < -0.4 is 10.1 Å². The number of benzene rings is 1. The number of ketones is 1. The van der Waals surface area contributed by atoms with E-state index in [0.717, 1.165) is 0 Å². The zero-order valence-electron chi connectivity index (χ0n) is 11.8. The van der Waals surface area contributed by atoms with Crippen molar-refractivity contribution in [2.75, 3.05) is 13.7 Å². The Kier molecular flexibility index (Phi) is 6.36. The summed E-state index contributed by atoms with van der Waals surface area (Å²) >= 11 is 0. The van der Waals surface area contributed by atoms with Gasteiger partial charge in [-0.1, -0.05) is 0 Å². The van der Waals surface area contributed by atoms with Crippen molar-refractivity contribution in [1.29, 1.82) is 0 Å². The van der Waals surface area contributed by atoms with Gasteiger partial charge in [-0.3, -0.25) is 9.59 Å². The summed E-state index contributed by atoms with van der Waals surface area (Å²) in [4.78, 5) is 22.8. The molecule has 0 saturated heterocycles. The van der Waals surface area contributed by atoms with Crippen LogP contribution in [0.15, 0.2) is 24.3 Å². The minimum atomic E-state index is -4.95. The van der Waals surface area contributed by atoms with Gasteiger partial charge in [-0.2, -0.15) is 13.2 Å². The first-order chi connectivity index (χ1) is 10.3. The van der Waals surface area contributed by atoms with Crippen LogP contribution in [0.4, 0.5) is 13.2 Å². The molecule has 2 N–H and O–H groups in total. The van der Waals surface area contributed by atoms with Crippen molar-refractivity contribution in [3.63, 3.8) is 0 Å². The second-order valence-corrected chi connectivity index (χ2v) is 4.50. The average molecular weight is 319 g/mol. The number of methoxy groups -OCH3 is 1. The molecule has 122 valence electrons. The number of carbonyl (C=O) groups is 2. The number of halogens is 3. The lowest BCUT2D eigenvalue weighted by molar-refractivity contribution is -0.203. The number of amides is 1. The van der Waals surface area contributed by atoms with Gasteiger partial charge in [0.05, 0.1) is 7.11 Å². The molecule has 0 aromatic heterocycles. The first-order valence-electron chi connectivity index (χ1n) is 6.45. The summed E-state index contributed by atoms with van der Waals surface area (Å²) in [7, 11) is 1.49. The standard InChI is InChI=1S/C14H16F3NO4/c1-22-10-6-4-9(5-7-10)13(21)18-8-2-3-11(19)12(20)14(15,16)17/h4-7,12,20H,2-3,8H2,1H3,(H,18,21). The summed E-state index contributed by atoms with van der Waals surface area (Å²) in [5.41, 5.74) is 0.363. The predicted octanol–water partition coefficient (Wildman–Crippen LogP) is 1.70. The number of carbonyl (C=O) groups excluding carboxylic acids is 2. The van der Waals surface area contributed by atoms with Crippen molar-refractivity contribution < 1.29 is 32.6 Å². The molecule has 1 rings (SSSR count). The van der Waals surface area contributed by atoms with Crippen molar-refractivity contribution >= 4 is 11.7 Å². The number of alkyl halides is 3. The molecule has 1 aromatic rings. The highest BCUT2D eigenvalue weighted by Gasteiger charge is 2.42. The average Bonchev–Trinajstić information content (AvgIpc) is 2.49. The van der Waals surface area contributed by atoms with E-state index in [9.17, 15) is 22.8 Å². The van der Waals surface area contributed by atoms with Crippen LogP contribution in [0.2, 0.25) is 0 Å². The monoisotopic (exact) mass is 319 g/mol. The van der Waals surface area contributed by atoms with Crippen LogP contribution in [-0.4, -0.2) is 42.7 Å². The van der Waals surface area contributed by atoms with E-state index in [1.54, 1.807) is 12.1 Å². The van der Waals surface area contributed by atoms with Gasteiger partial charge in [0.2, 0.25) is 6.10 Å². The van der Waals surface area contributed by atoms with Gasteiger partial charge in [0.15, 0.2) is 5.78 Å². The smallest absolute Gasteiger partial charge is 0.421 e. The normalized spacial score (nSPS) is 12.6. The number of nitrogens with one attached hydrogen (secondary N) is 1. The first kappa shape index (κ1) is 18.0. The molecule has 0 fully saturated rings. The fourth-order valence-corrected chi connectivity index (χ4v) is 1.63. The van der Waals surface area contributed by atoms with Crippen LogP contribution in [0.3, 0.4) is 0 Å². The van der Waals surface area contributed by atoms with E-state index in [4.69, 9.17) is 9.84 Å². The summed E-state index contributed by atoms with van der Waals surface area (Å²) in [6, 6.07) is 6.26. The molecule has 0 aliphatic heterocycles. The number of hydrogen-bond donors (Lipinski definition) is 2. The van der Waals surface area contributed by atoms with E-state index in [1.165, 1.54) is 19.2 Å². The number of aliphatic hydroxyl groups excluding tert-OH is 1. The highest BCUT2D eigenvalue weighted by atomic mass is 19.4. The Morgan fingerprint density at radius 3 is 2.36 bits per heavy atom. The third-order valence-corrected chi connectivity index (χ3v) is 2.85. The number of hydrogen-bond acceptors (Lipinski definition) is 4. The van der Waals surface area contributed by atoms with Gasteiger partial charge in [0, 0.05) is 18.5 Å². The molecule has 0 radical (unpaired) electrons. The first-order valence-corrected chi connectivity index (χ1v) is 6.45. The van der Waals surface area contributed by atoms with E-state index >= 15 is 0 Å². The van der Waals surface area contributed by atoms with E-state index in [1.807, 2.05) is 0 Å². The van der Waals surface area contributed by atoms with Gasteiger partial charge in [-0.25, -0.2) is 0 Å². The molecule has 0 aliphatic rings. The van der Waals surface area contributed by atoms with Crippen LogP contribution in [0.25, 0.3) is 0 Å². The second kappa shape index (κ2) is 7.79. The third kappa shape index (κ3) is 5.36. The van der Waals surface area contributed by atoms with Gasteiger partial charge in [-0.05, 0) is 30.7 Å². The molecule has 1 unspecified atom stereocenters. The zero-order valence-corrected chi connectivity index (χ0v) is 11.8. The Morgan fingerprint density at radius 1 is 1.27 bits per heavy atom. The van der Waals surface area contributed by atoms with Crippen molar-refractivity contribution in [3.05, 3.63) is 29.8 Å². The quantitative estimate of drug-likeness (QED) is 0.750. The van der Waals surface area contributed by atoms with Crippen molar-refractivity contribution in [2.45, 2.75) is 25.1 Å². The zero-order chi connectivity index (χ0) is 16.8. The third-order valence-electron chi connectivity index (χ3n) is 2.85. The van der Waals surface area contributed by atoms with Gasteiger partial charge in [-0.15, -0.1) is 0 Å². The summed E-state index contributed by atoms with van der Waals surface area (Å²) in [6.45, 7) is 0.0289. The lowest BCUT2D eigenvalue weighted by Gasteiger charge is -2.13. The number of Topliss-reactive ketones (excluding diaryl/α,β-unsaturated/α-hetero) is 1. The molecule has 22 heavy (non-hydrogen) atoms. The van der Waals surface area contributed by atoms with E-state index in [2.05, 4.69) is 5.32 Å². The highest BCUT2D eigenvalue weighted by molar-refractivity contribution is 5.94. The Hall–Kier alpha value is -2.09. The van der Waals surface area contributed by atoms with Crippen LogP contribution in [-0.2, 0) is 4.79 Å². The largest absolute Gasteiger partial charge is 0.497 e. The molecular weight excluding hydrogens is 303 g/mol. The van der Waals surface area contributed by atoms with E-state index in [0.29, 0.717) is 11.3 Å². The minimum absolute atomic E-state index is 0.00781. The molecule has 0 spiro atoms. The van der Waals surface area contributed by atoms with Crippen LogP contribution >= 0.6 is 0 Å². The number of rotatable bonds is 7. The molecule has 0 aliphatic carbocycles. The van der Waals surface area contributed by atoms with Gasteiger partial charge in [0.25, 0.3) is 5.91 Å². The van der Waals surface area contributed by atoms with E-state index < -0.39 is 30.4 Å². The molecule has 0 bridgehead atoms. The molecule has 1 atom stereocenters. The summed E-state index contributed by atoms with van der Waals surface area (Å²) < 4.78 is 41.1. The topological polar surface area (TPSA) is 75.6 Å². The molecular formula is C14H16F3NO4. The molecule has 8 heteroatoms. The van der Waals surface area contributed by atoms with Gasteiger partial charge < -0.3 is 15.2 Å². The Balaban J connectivity index is 2.35. The lowest BCUT2D eigenvalue weighted by Crippen LogP contribution is -2.36. The summed E-state index contributed by atoms with van der Waals surface area (Å²) in [5, 5.41) is 11.2. The van der Waals surface area contributed by atoms with Crippen LogP contribution in [0, 0.1) is 0 Å². The van der Waals surface area contributed by atoms with Crippen molar-refractivity contribution in [1.82, 2.24) is 5.32 Å². The minimum Gasteiger partial charge on any atom is -0.497 e. The Labute approximate surface area is 125 Å². The Morgan fingerprint density at radius 2 is 1.86 bits per heavy atom. The summed E-state index contributed by atoms with van der Waals surface area (Å²) in [5.74, 6) is -1.14. The molecule has 0 heterocycles. The maximum absolute atomic E-state index is 12.1. The second-order valence-electron chi connectivity index (χ2n) is 4.50. The fourth-order valence-electron chi connectivity index (χ4n) is 1.63. The number of aliphatic hydroxyl groups is 1. The van der Waals surface area contributed by atoms with Gasteiger partial charge in [0.1, 0.15) is 5.75 Å². The highest BCUT2D eigenvalue weighted by Crippen LogP contribution is 2.21.